The van der Waals surface area contributed by atoms with Crippen LogP contribution >= 0.6 is 0 Å². The molecule has 2 fully saturated rings. The van der Waals surface area contributed by atoms with Gasteiger partial charge in [-0.3, -0.25) is 0 Å². The van der Waals surface area contributed by atoms with Crippen molar-refractivity contribution in [3.05, 3.63) is 119 Å². The summed E-state index contributed by atoms with van der Waals surface area (Å²) in [5.74, 6) is -2.32. The summed E-state index contributed by atoms with van der Waals surface area (Å²) < 4.78 is 29.7. The van der Waals surface area contributed by atoms with Crippen LogP contribution in [0, 0.1) is 11.8 Å². The lowest BCUT2D eigenvalue weighted by Gasteiger charge is -2.42. The number of carbonyl (C=O) groups excluding carboxylic acids is 3. The smallest absolute Gasteiger partial charge is 0.338 e. The lowest BCUT2D eigenvalue weighted by molar-refractivity contribution is -0.250. The van der Waals surface area contributed by atoms with E-state index in [0.717, 1.165) is 5.57 Å². The molecule has 0 N–H and O–H groups in total. The van der Waals surface area contributed by atoms with Crippen molar-refractivity contribution >= 4 is 17.9 Å². The average Bonchev–Trinajstić information content (AvgIpc) is 3.55. The second-order valence-electron chi connectivity index (χ2n) is 9.64. The fourth-order valence-corrected chi connectivity index (χ4v) is 5.43. The maximum atomic E-state index is 13.2. The molecule has 3 aromatic carbocycles. The van der Waals surface area contributed by atoms with Crippen molar-refractivity contribution in [2.75, 3.05) is 13.2 Å². The van der Waals surface area contributed by atoms with Gasteiger partial charge in [-0.2, -0.15) is 0 Å². The van der Waals surface area contributed by atoms with Crippen LogP contribution in [0.4, 0.5) is 0 Å². The van der Waals surface area contributed by atoms with E-state index in [1.54, 1.807) is 84.9 Å². The molecular weight excluding hydrogens is 500 g/mol. The first kappa shape index (κ1) is 25.0. The minimum absolute atomic E-state index is 0.182. The van der Waals surface area contributed by atoms with E-state index in [0.29, 0.717) is 23.3 Å². The summed E-state index contributed by atoms with van der Waals surface area (Å²) in [5.41, 5.74) is 2.10. The van der Waals surface area contributed by atoms with Crippen LogP contribution in [0.15, 0.2) is 103 Å². The molecule has 39 heavy (non-hydrogen) atoms. The lowest BCUT2D eigenvalue weighted by Crippen LogP contribution is -2.55. The third-order valence-electron chi connectivity index (χ3n) is 7.26. The molecule has 2 aliphatic heterocycles. The zero-order valence-corrected chi connectivity index (χ0v) is 20.9. The van der Waals surface area contributed by atoms with Gasteiger partial charge in [-0.15, -0.1) is 0 Å². The summed E-state index contributed by atoms with van der Waals surface area (Å²) in [6, 6.07) is 25.9. The topological polar surface area (TPSA) is 97.4 Å². The Labute approximate surface area is 225 Å². The normalized spacial score (nSPS) is 26.7. The highest BCUT2D eigenvalue weighted by molar-refractivity contribution is 5.90. The van der Waals surface area contributed by atoms with Gasteiger partial charge in [-0.1, -0.05) is 54.6 Å². The number of hydrogen-bond donors (Lipinski definition) is 0. The molecule has 6 rings (SSSR count). The largest absolute Gasteiger partial charge is 0.459 e. The van der Waals surface area contributed by atoms with Crippen molar-refractivity contribution in [3.63, 3.8) is 0 Å². The third-order valence-corrected chi connectivity index (χ3v) is 7.26. The first-order valence-electron chi connectivity index (χ1n) is 12.8. The van der Waals surface area contributed by atoms with Crippen molar-refractivity contribution in [2.24, 2.45) is 11.8 Å². The lowest BCUT2D eigenvalue weighted by atomic mass is 9.81. The van der Waals surface area contributed by atoms with Crippen LogP contribution < -0.4 is 0 Å². The number of ether oxygens (including phenoxy) is 5. The highest BCUT2D eigenvalue weighted by Gasteiger charge is 2.59. The number of esters is 3. The van der Waals surface area contributed by atoms with Gasteiger partial charge in [0.2, 0.25) is 0 Å². The molecule has 0 aromatic heterocycles. The van der Waals surface area contributed by atoms with Crippen molar-refractivity contribution < 1.29 is 38.1 Å². The maximum Gasteiger partial charge on any atom is 0.338 e. The Morgan fingerprint density at radius 3 is 1.85 bits per heavy atom. The van der Waals surface area contributed by atoms with Crippen LogP contribution in [0.2, 0.25) is 0 Å². The van der Waals surface area contributed by atoms with E-state index in [1.807, 2.05) is 12.1 Å². The Balaban J connectivity index is 1.28. The van der Waals surface area contributed by atoms with E-state index in [2.05, 4.69) is 0 Å². The number of rotatable bonds is 7. The highest BCUT2D eigenvalue weighted by Crippen LogP contribution is 2.49. The quantitative estimate of drug-likeness (QED) is 0.257. The van der Waals surface area contributed by atoms with Gasteiger partial charge in [0.25, 0.3) is 0 Å². The molecule has 2 heterocycles. The zero-order valence-electron chi connectivity index (χ0n) is 20.9. The summed E-state index contributed by atoms with van der Waals surface area (Å²) in [5, 5.41) is 0. The van der Waals surface area contributed by atoms with E-state index in [9.17, 15) is 14.4 Å². The van der Waals surface area contributed by atoms with Crippen LogP contribution in [0.5, 0.6) is 0 Å². The molecule has 6 atom stereocenters. The molecule has 0 saturated carbocycles. The Morgan fingerprint density at radius 1 is 0.718 bits per heavy atom. The van der Waals surface area contributed by atoms with Crippen molar-refractivity contribution in [1.29, 1.82) is 0 Å². The molecule has 3 aliphatic rings. The number of benzene rings is 3. The van der Waals surface area contributed by atoms with Crippen LogP contribution in [-0.4, -0.2) is 55.7 Å². The molecule has 0 unspecified atom stereocenters. The van der Waals surface area contributed by atoms with Gasteiger partial charge in [0.1, 0.15) is 24.9 Å². The van der Waals surface area contributed by atoms with Gasteiger partial charge in [0.05, 0.1) is 29.2 Å². The second kappa shape index (κ2) is 10.8. The van der Waals surface area contributed by atoms with Gasteiger partial charge in [-0.05, 0) is 48.0 Å². The van der Waals surface area contributed by atoms with Gasteiger partial charge < -0.3 is 23.7 Å². The molecule has 1 aliphatic carbocycles. The fraction of sp³-hybridized carbons (Fsp3) is 0.258. The Hall–Kier alpha value is -4.27. The zero-order chi connectivity index (χ0) is 26.8. The van der Waals surface area contributed by atoms with Gasteiger partial charge >= 0.3 is 17.9 Å². The second-order valence-corrected chi connectivity index (χ2v) is 9.64. The molecule has 0 amide bonds. The fourth-order valence-electron chi connectivity index (χ4n) is 5.43. The molecule has 0 radical (unpaired) electrons. The van der Waals surface area contributed by atoms with Gasteiger partial charge in [0, 0.05) is 5.92 Å². The predicted octanol–water partition coefficient (Wildman–Crippen LogP) is 4.22. The van der Waals surface area contributed by atoms with E-state index in [4.69, 9.17) is 23.7 Å². The van der Waals surface area contributed by atoms with Crippen molar-refractivity contribution in [1.82, 2.24) is 0 Å². The van der Waals surface area contributed by atoms with Crippen LogP contribution in [0.3, 0.4) is 0 Å². The highest BCUT2D eigenvalue weighted by atomic mass is 16.7. The standard InChI is InChI=1S/C31H26O8/c32-28(19-10-4-1-5-11-19)35-18-24-27(39-30(34)21-14-8-3-9-15-21)26-23(16-22-17-36-31(38-24)25(22)26)37-29(33)20-12-6-2-7-13-20/h1-16,23-27,31H,17-18H2/t23-,24+,25+,26-,27+,31-/m0/s1. The Kier molecular flexibility index (Phi) is 6.96. The monoisotopic (exact) mass is 526 g/mol. The predicted molar refractivity (Wildman–Crippen MR) is 138 cm³/mol. The minimum atomic E-state index is -0.883. The number of carbonyl (C=O) groups is 3. The molecule has 8 nitrogen and oxygen atoms in total. The molecule has 0 bridgehead atoms. The molecule has 3 aromatic rings. The summed E-state index contributed by atoms with van der Waals surface area (Å²) >= 11 is 0. The average molecular weight is 527 g/mol. The van der Waals surface area contributed by atoms with E-state index >= 15 is 0 Å². The molecule has 198 valence electrons. The Bertz CT molecular complexity index is 1370. The van der Waals surface area contributed by atoms with Crippen LogP contribution in [-0.2, 0) is 23.7 Å². The Morgan fingerprint density at radius 2 is 1.26 bits per heavy atom. The summed E-state index contributed by atoms with van der Waals surface area (Å²) in [6.45, 7) is 0.124. The first-order valence-corrected chi connectivity index (χ1v) is 12.8. The van der Waals surface area contributed by atoms with Crippen LogP contribution in [0.25, 0.3) is 0 Å². The van der Waals surface area contributed by atoms with Gasteiger partial charge in [-0.25, -0.2) is 14.4 Å². The van der Waals surface area contributed by atoms with E-state index in [-0.39, 0.29) is 12.5 Å². The summed E-state index contributed by atoms with van der Waals surface area (Å²) in [4.78, 5) is 38.9. The first-order chi connectivity index (χ1) is 19.1. The summed E-state index contributed by atoms with van der Waals surface area (Å²) in [7, 11) is 0. The van der Waals surface area contributed by atoms with Crippen molar-refractivity contribution in [2.45, 2.75) is 24.6 Å². The molecule has 8 heteroatoms. The van der Waals surface area contributed by atoms with E-state index in [1.165, 1.54) is 0 Å². The molecule has 0 spiro atoms. The maximum absolute atomic E-state index is 13.2. The van der Waals surface area contributed by atoms with Crippen LogP contribution in [0.1, 0.15) is 31.1 Å². The molecular formula is C31H26O8. The molecule has 2 saturated heterocycles. The SMILES string of the molecule is O=C(OC[C@H]1O[C@@H]2OCC3=C[C@H](OC(=O)c4ccccc4)[C@H]([C@@H]1OC(=O)c1ccccc1)[C@@H]32)c1ccccc1. The number of hydrogen-bond acceptors (Lipinski definition) is 8. The summed E-state index contributed by atoms with van der Waals surface area (Å²) in [6.07, 6.45) is -1.20. The van der Waals surface area contributed by atoms with E-state index < -0.39 is 48.4 Å². The minimum Gasteiger partial charge on any atom is -0.459 e. The van der Waals surface area contributed by atoms with Crippen molar-refractivity contribution in [3.8, 4) is 0 Å². The third kappa shape index (κ3) is 5.08. The van der Waals surface area contributed by atoms with Gasteiger partial charge in [0.15, 0.2) is 6.29 Å².